The zero-order valence-corrected chi connectivity index (χ0v) is 15.8. The van der Waals surface area contributed by atoms with Gasteiger partial charge in [0.1, 0.15) is 11.6 Å². The van der Waals surface area contributed by atoms with E-state index in [4.69, 9.17) is 4.74 Å². The number of ether oxygens (including phenoxy) is 1. The molecule has 0 bridgehead atoms. The maximum atomic E-state index is 12.2. The van der Waals surface area contributed by atoms with Gasteiger partial charge in [0, 0.05) is 24.2 Å². The minimum Gasteiger partial charge on any atom is -0.497 e. The van der Waals surface area contributed by atoms with E-state index in [-0.39, 0.29) is 11.0 Å². The molecule has 3 rings (SSSR count). The molecule has 1 aliphatic rings. The summed E-state index contributed by atoms with van der Waals surface area (Å²) >= 11 is 0. The van der Waals surface area contributed by atoms with E-state index < -0.39 is 24.4 Å². The fourth-order valence-corrected chi connectivity index (χ4v) is 3.37. The lowest BCUT2D eigenvalue weighted by atomic mass is 9.62. The van der Waals surface area contributed by atoms with E-state index in [0.717, 1.165) is 25.0 Å². The molecule has 1 N–H and O–H groups in total. The number of rotatable bonds is 7. The second kappa shape index (κ2) is 8.18. The van der Waals surface area contributed by atoms with Crippen molar-refractivity contribution in [2.24, 2.45) is 0 Å². The molecule has 1 aliphatic carbocycles. The van der Waals surface area contributed by atoms with Crippen molar-refractivity contribution in [2.45, 2.75) is 37.3 Å². The molecule has 2 aromatic rings. The van der Waals surface area contributed by atoms with Crippen molar-refractivity contribution in [1.29, 1.82) is 0 Å². The third-order valence-electron chi connectivity index (χ3n) is 5.20. The van der Waals surface area contributed by atoms with Crippen LogP contribution in [-0.4, -0.2) is 41.5 Å². The molecule has 1 saturated carbocycles. The monoisotopic (exact) mass is 407 g/mol. The number of amides is 1. The smallest absolute Gasteiger partial charge is 0.471 e. The number of Topliss-reactive ketones (excluding diaryl/α,β-unsaturated/α-hetero) is 1. The van der Waals surface area contributed by atoms with Gasteiger partial charge in [0.15, 0.2) is 5.78 Å². The van der Waals surface area contributed by atoms with Crippen LogP contribution in [0.4, 0.5) is 13.2 Å². The molecule has 29 heavy (non-hydrogen) atoms. The van der Waals surface area contributed by atoms with Gasteiger partial charge in [-0.05, 0) is 30.5 Å². The van der Waals surface area contributed by atoms with E-state index in [1.807, 2.05) is 24.3 Å². The molecule has 0 saturated heterocycles. The van der Waals surface area contributed by atoms with Gasteiger partial charge in [-0.2, -0.15) is 13.2 Å². The lowest BCUT2D eigenvalue weighted by Crippen LogP contribution is -2.39. The number of ketones is 1. The summed E-state index contributed by atoms with van der Waals surface area (Å²) in [5.74, 6) is -1.52. The summed E-state index contributed by atoms with van der Waals surface area (Å²) < 4.78 is 41.7. The Labute approximate surface area is 165 Å². The van der Waals surface area contributed by atoms with E-state index in [2.05, 4.69) is 9.97 Å². The predicted molar refractivity (Wildman–Crippen MR) is 97.7 cm³/mol. The highest BCUT2D eigenvalue weighted by Crippen LogP contribution is 2.46. The summed E-state index contributed by atoms with van der Waals surface area (Å²) in [4.78, 5) is 31.2. The van der Waals surface area contributed by atoms with Crippen LogP contribution in [0.5, 0.6) is 5.75 Å². The molecular formula is C20H20F3N3O3. The second-order valence-electron chi connectivity index (χ2n) is 7.03. The topological polar surface area (TPSA) is 81.2 Å². The molecule has 0 radical (unpaired) electrons. The molecule has 1 aromatic heterocycles. The molecule has 9 heteroatoms. The van der Waals surface area contributed by atoms with Crippen LogP contribution in [0.1, 0.15) is 41.0 Å². The van der Waals surface area contributed by atoms with Gasteiger partial charge in [-0.3, -0.25) is 9.59 Å². The summed E-state index contributed by atoms with van der Waals surface area (Å²) in [6.45, 7) is -0.767. The molecule has 0 atom stereocenters. The number of aromatic nitrogens is 2. The summed E-state index contributed by atoms with van der Waals surface area (Å²) in [5.41, 5.74) is 1.14. The number of alkyl halides is 3. The number of hydrogen-bond acceptors (Lipinski definition) is 5. The van der Waals surface area contributed by atoms with Gasteiger partial charge in [-0.15, -0.1) is 0 Å². The number of carbonyl (C=O) groups is 2. The Kier molecular flexibility index (Phi) is 5.86. The van der Waals surface area contributed by atoms with E-state index in [1.165, 1.54) is 18.0 Å². The van der Waals surface area contributed by atoms with Crippen molar-refractivity contribution in [3.8, 4) is 5.75 Å². The average Bonchev–Trinajstić information content (AvgIpc) is 2.68. The zero-order chi connectivity index (χ0) is 21.1. The first-order valence-electron chi connectivity index (χ1n) is 9.07. The normalized spacial score (nSPS) is 15.3. The standard InChI is InChI=1S/C20H20F3N3O3/c1-29-15-5-3-14(4-6-15)19(7-2-8-19)9-17-24-10-13(11-25-17)16(27)12-26-18(28)20(21,22)23/h3-6,10-11H,2,7-9,12H2,1H3,(H,26,28). The van der Waals surface area contributed by atoms with Crippen LogP contribution in [0.25, 0.3) is 0 Å². The third-order valence-corrected chi connectivity index (χ3v) is 5.20. The highest BCUT2D eigenvalue weighted by atomic mass is 19.4. The Morgan fingerprint density at radius 3 is 2.24 bits per heavy atom. The second-order valence-corrected chi connectivity index (χ2v) is 7.03. The number of hydrogen-bond donors (Lipinski definition) is 1. The van der Waals surface area contributed by atoms with Gasteiger partial charge in [0.2, 0.25) is 0 Å². The maximum Gasteiger partial charge on any atom is 0.471 e. The highest BCUT2D eigenvalue weighted by molar-refractivity contribution is 5.99. The molecule has 1 heterocycles. The van der Waals surface area contributed by atoms with Gasteiger partial charge in [-0.25, -0.2) is 9.97 Å². The molecule has 0 unspecified atom stereocenters. The zero-order valence-electron chi connectivity index (χ0n) is 15.8. The summed E-state index contributed by atoms with van der Waals surface area (Å²) in [6.07, 6.45) is 1.22. The van der Waals surface area contributed by atoms with Crippen LogP contribution in [0.15, 0.2) is 36.7 Å². The Morgan fingerprint density at radius 2 is 1.76 bits per heavy atom. The van der Waals surface area contributed by atoms with Crippen LogP contribution >= 0.6 is 0 Å². The average molecular weight is 407 g/mol. The fourth-order valence-electron chi connectivity index (χ4n) is 3.37. The number of methoxy groups -OCH3 is 1. The highest BCUT2D eigenvalue weighted by Gasteiger charge is 2.40. The molecule has 0 spiro atoms. The van der Waals surface area contributed by atoms with Gasteiger partial charge in [-0.1, -0.05) is 18.6 Å². The Hall–Kier alpha value is -2.97. The molecule has 1 aromatic carbocycles. The number of nitrogens with one attached hydrogen (secondary N) is 1. The van der Waals surface area contributed by atoms with Crippen molar-refractivity contribution < 1.29 is 27.5 Å². The Bertz CT molecular complexity index is 877. The lowest BCUT2D eigenvalue weighted by molar-refractivity contribution is -0.173. The quantitative estimate of drug-likeness (QED) is 0.714. The molecule has 1 amide bonds. The van der Waals surface area contributed by atoms with Crippen LogP contribution in [-0.2, 0) is 16.6 Å². The predicted octanol–water partition coefficient (Wildman–Crippen LogP) is 3.01. The molecule has 154 valence electrons. The Balaban J connectivity index is 1.65. The summed E-state index contributed by atoms with van der Waals surface area (Å²) in [7, 11) is 1.61. The minimum atomic E-state index is -5.03. The Morgan fingerprint density at radius 1 is 1.14 bits per heavy atom. The molecule has 6 nitrogen and oxygen atoms in total. The van der Waals surface area contributed by atoms with Crippen molar-refractivity contribution in [3.05, 3.63) is 53.6 Å². The SMILES string of the molecule is COc1ccc(C2(Cc3ncc(C(=O)CNC(=O)C(F)(F)F)cn3)CCC2)cc1. The summed E-state index contributed by atoms with van der Waals surface area (Å²) in [6, 6.07) is 7.87. The minimum absolute atomic E-state index is 0.0448. The largest absolute Gasteiger partial charge is 0.497 e. The van der Waals surface area contributed by atoms with Crippen LogP contribution in [0.2, 0.25) is 0 Å². The van der Waals surface area contributed by atoms with Crippen LogP contribution < -0.4 is 10.1 Å². The van der Waals surface area contributed by atoms with Gasteiger partial charge >= 0.3 is 12.1 Å². The van der Waals surface area contributed by atoms with Crippen LogP contribution in [0.3, 0.4) is 0 Å². The molecular weight excluding hydrogens is 387 g/mol. The van der Waals surface area contributed by atoms with Crippen LogP contribution in [0, 0.1) is 0 Å². The van der Waals surface area contributed by atoms with Crippen molar-refractivity contribution in [2.75, 3.05) is 13.7 Å². The van der Waals surface area contributed by atoms with Crippen molar-refractivity contribution in [3.63, 3.8) is 0 Å². The number of nitrogens with zero attached hydrogens (tertiary/aromatic N) is 2. The maximum absolute atomic E-state index is 12.2. The van der Waals surface area contributed by atoms with Gasteiger partial charge in [0.25, 0.3) is 0 Å². The first kappa shape index (κ1) is 20.8. The van der Waals surface area contributed by atoms with E-state index in [9.17, 15) is 22.8 Å². The number of halogens is 3. The van der Waals surface area contributed by atoms with E-state index >= 15 is 0 Å². The van der Waals surface area contributed by atoms with Crippen molar-refractivity contribution >= 4 is 11.7 Å². The molecule has 1 fully saturated rings. The van der Waals surface area contributed by atoms with E-state index in [1.54, 1.807) is 12.4 Å². The van der Waals surface area contributed by atoms with E-state index in [0.29, 0.717) is 12.2 Å². The van der Waals surface area contributed by atoms with Gasteiger partial charge < -0.3 is 10.1 Å². The lowest BCUT2D eigenvalue weighted by Gasteiger charge is -2.42. The fraction of sp³-hybridized carbons (Fsp3) is 0.400. The van der Waals surface area contributed by atoms with Crippen molar-refractivity contribution in [1.82, 2.24) is 15.3 Å². The molecule has 0 aliphatic heterocycles. The third kappa shape index (κ3) is 4.72. The summed E-state index contributed by atoms with van der Waals surface area (Å²) in [5, 5.41) is 1.54. The number of benzene rings is 1. The number of carbonyl (C=O) groups excluding carboxylic acids is 2. The van der Waals surface area contributed by atoms with Gasteiger partial charge in [0.05, 0.1) is 19.2 Å². The first-order valence-corrected chi connectivity index (χ1v) is 9.07. The first-order chi connectivity index (χ1) is 13.7.